The van der Waals surface area contributed by atoms with E-state index in [4.69, 9.17) is 0 Å². The van der Waals surface area contributed by atoms with Crippen molar-refractivity contribution in [3.63, 3.8) is 0 Å². The fraction of sp³-hybridized carbons (Fsp3) is 0.250. The number of nitrogens with one attached hydrogen (secondary N) is 1. The summed E-state index contributed by atoms with van der Waals surface area (Å²) >= 11 is 0. The molecule has 3 nitrogen and oxygen atoms in total. The quantitative estimate of drug-likeness (QED) is 0.706. The van der Waals surface area contributed by atoms with E-state index >= 15 is 0 Å². The molecule has 0 bridgehead atoms. The van der Waals surface area contributed by atoms with Gasteiger partial charge in [-0.05, 0) is 26.0 Å². The molecule has 1 aromatic heterocycles. The number of rotatable bonds is 0. The summed E-state index contributed by atoms with van der Waals surface area (Å²) in [5.41, 5.74) is 4.73. The third kappa shape index (κ3) is 1.09. The van der Waals surface area contributed by atoms with Crippen molar-refractivity contribution >= 4 is 5.69 Å². The first-order chi connectivity index (χ1) is 7.27. The van der Waals surface area contributed by atoms with Gasteiger partial charge in [0, 0.05) is 16.9 Å². The molecule has 0 saturated carbocycles. The number of imidazole rings is 1. The smallest absolute Gasteiger partial charge is 0.144 e. The van der Waals surface area contributed by atoms with E-state index in [2.05, 4.69) is 46.9 Å². The standard InChI is InChI=1S/C12H13N3/c1-8-9(2)15-7-13-11-6-4-3-5-10(11)12(15)14-8/h3-6,13H,7H2,1-2H3. The van der Waals surface area contributed by atoms with Crippen molar-refractivity contribution in [3.8, 4) is 11.4 Å². The summed E-state index contributed by atoms with van der Waals surface area (Å²) in [4.78, 5) is 4.62. The van der Waals surface area contributed by atoms with Gasteiger partial charge in [-0.15, -0.1) is 0 Å². The Bertz CT molecular complexity index is 526. The molecule has 0 amide bonds. The molecule has 15 heavy (non-hydrogen) atoms. The summed E-state index contributed by atoms with van der Waals surface area (Å²) in [7, 11) is 0. The largest absolute Gasteiger partial charge is 0.367 e. The number of fused-ring (bicyclic) bond motifs is 3. The van der Waals surface area contributed by atoms with Crippen molar-refractivity contribution in [2.45, 2.75) is 20.5 Å². The Morgan fingerprint density at radius 3 is 2.93 bits per heavy atom. The molecular weight excluding hydrogens is 186 g/mol. The Morgan fingerprint density at radius 2 is 2.07 bits per heavy atom. The molecule has 0 radical (unpaired) electrons. The van der Waals surface area contributed by atoms with Gasteiger partial charge in [0.2, 0.25) is 0 Å². The second-order valence-electron chi connectivity index (χ2n) is 3.91. The first-order valence-electron chi connectivity index (χ1n) is 5.14. The summed E-state index contributed by atoms with van der Waals surface area (Å²) in [6.07, 6.45) is 0. The Morgan fingerprint density at radius 1 is 1.27 bits per heavy atom. The predicted molar refractivity (Wildman–Crippen MR) is 60.8 cm³/mol. The van der Waals surface area contributed by atoms with Gasteiger partial charge in [0.1, 0.15) is 5.82 Å². The lowest BCUT2D eigenvalue weighted by Crippen LogP contribution is -2.16. The average Bonchev–Trinajstić information content (AvgIpc) is 2.56. The number of hydrogen-bond donors (Lipinski definition) is 1. The summed E-state index contributed by atoms with van der Waals surface area (Å²) < 4.78 is 2.22. The van der Waals surface area contributed by atoms with E-state index in [1.54, 1.807) is 0 Å². The maximum absolute atomic E-state index is 4.62. The highest BCUT2D eigenvalue weighted by molar-refractivity contribution is 5.75. The SMILES string of the molecule is Cc1nc2n(c1C)CNc1ccccc1-2. The van der Waals surface area contributed by atoms with E-state index in [0.29, 0.717) is 0 Å². The van der Waals surface area contributed by atoms with E-state index in [-0.39, 0.29) is 0 Å². The molecule has 0 fully saturated rings. The van der Waals surface area contributed by atoms with E-state index in [9.17, 15) is 0 Å². The van der Waals surface area contributed by atoms with Crippen LogP contribution in [-0.4, -0.2) is 9.55 Å². The summed E-state index contributed by atoms with van der Waals surface area (Å²) in [6.45, 7) is 4.99. The van der Waals surface area contributed by atoms with E-state index in [0.717, 1.165) is 18.2 Å². The molecule has 0 aliphatic carbocycles. The molecule has 0 saturated heterocycles. The third-order valence-electron chi connectivity index (χ3n) is 3.05. The maximum atomic E-state index is 4.62. The van der Waals surface area contributed by atoms with Crippen LogP contribution >= 0.6 is 0 Å². The maximum Gasteiger partial charge on any atom is 0.144 e. The average molecular weight is 199 g/mol. The minimum absolute atomic E-state index is 0.818. The predicted octanol–water partition coefficient (Wildman–Crippen LogP) is 2.55. The van der Waals surface area contributed by atoms with Crippen molar-refractivity contribution in [3.05, 3.63) is 35.7 Å². The van der Waals surface area contributed by atoms with Gasteiger partial charge < -0.3 is 9.88 Å². The Hall–Kier alpha value is -1.77. The van der Waals surface area contributed by atoms with Crippen LogP contribution in [0.5, 0.6) is 0 Å². The lowest BCUT2D eigenvalue weighted by Gasteiger charge is -2.20. The van der Waals surface area contributed by atoms with E-state index in [1.807, 2.05) is 6.07 Å². The Kier molecular flexibility index (Phi) is 1.63. The van der Waals surface area contributed by atoms with Crippen molar-refractivity contribution < 1.29 is 0 Å². The molecule has 3 rings (SSSR count). The van der Waals surface area contributed by atoms with Crippen LogP contribution in [0.1, 0.15) is 11.4 Å². The first kappa shape index (κ1) is 8.53. The number of anilines is 1. The molecule has 1 aromatic carbocycles. The number of hydrogen-bond acceptors (Lipinski definition) is 2. The van der Waals surface area contributed by atoms with Gasteiger partial charge in [-0.1, -0.05) is 12.1 Å². The van der Waals surface area contributed by atoms with Crippen molar-refractivity contribution in [2.24, 2.45) is 0 Å². The zero-order valence-corrected chi connectivity index (χ0v) is 8.91. The van der Waals surface area contributed by atoms with Crippen LogP contribution in [0.3, 0.4) is 0 Å². The molecule has 0 spiro atoms. The number of aryl methyl sites for hydroxylation is 1. The van der Waals surface area contributed by atoms with Gasteiger partial charge in [-0.25, -0.2) is 4.98 Å². The lowest BCUT2D eigenvalue weighted by atomic mass is 10.1. The molecule has 1 aliphatic rings. The van der Waals surface area contributed by atoms with Crippen LogP contribution in [0.4, 0.5) is 5.69 Å². The first-order valence-corrected chi connectivity index (χ1v) is 5.14. The highest BCUT2D eigenvalue weighted by atomic mass is 15.2. The fourth-order valence-electron chi connectivity index (χ4n) is 2.05. The van der Waals surface area contributed by atoms with Gasteiger partial charge in [-0.3, -0.25) is 0 Å². The second kappa shape index (κ2) is 2.86. The van der Waals surface area contributed by atoms with Crippen LogP contribution in [0, 0.1) is 13.8 Å². The van der Waals surface area contributed by atoms with Gasteiger partial charge >= 0.3 is 0 Å². The molecule has 1 N–H and O–H groups in total. The Labute approximate surface area is 88.8 Å². The molecule has 2 aromatic rings. The second-order valence-corrected chi connectivity index (χ2v) is 3.91. The van der Waals surface area contributed by atoms with Gasteiger partial charge in [-0.2, -0.15) is 0 Å². The van der Waals surface area contributed by atoms with Crippen LogP contribution < -0.4 is 5.32 Å². The minimum Gasteiger partial charge on any atom is -0.367 e. The van der Waals surface area contributed by atoms with Gasteiger partial charge in [0.15, 0.2) is 0 Å². The zero-order valence-electron chi connectivity index (χ0n) is 8.91. The summed E-state index contributed by atoms with van der Waals surface area (Å²) in [5.74, 6) is 1.08. The zero-order chi connectivity index (χ0) is 10.4. The van der Waals surface area contributed by atoms with Crippen molar-refractivity contribution in [1.82, 2.24) is 9.55 Å². The van der Waals surface area contributed by atoms with Gasteiger partial charge in [0.05, 0.1) is 12.4 Å². The normalized spacial score (nSPS) is 12.9. The lowest BCUT2D eigenvalue weighted by molar-refractivity contribution is 0.744. The van der Waals surface area contributed by atoms with Crippen LogP contribution in [0.2, 0.25) is 0 Å². The highest BCUT2D eigenvalue weighted by Crippen LogP contribution is 2.32. The molecule has 0 unspecified atom stereocenters. The monoisotopic (exact) mass is 199 g/mol. The number of nitrogens with zero attached hydrogens (tertiary/aromatic N) is 2. The number of benzene rings is 1. The van der Waals surface area contributed by atoms with Gasteiger partial charge in [0.25, 0.3) is 0 Å². The summed E-state index contributed by atoms with van der Waals surface area (Å²) in [6, 6.07) is 8.30. The Balaban J connectivity index is 2.30. The minimum atomic E-state index is 0.818. The number of aromatic nitrogens is 2. The van der Waals surface area contributed by atoms with Crippen LogP contribution in [0.25, 0.3) is 11.4 Å². The molecule has 3 heteroatoms. The third-order valence-corrected chi connectivity index (χ3v) is 3.05. The fourth-order valence-corrected chi connectivity index (χ4v) is 2.05. The van der Waals surface area contributed by atoms with Crippen molar-refractivity contribution in [1.29, 1.82) is 0 Å². The molecule has 76 valence electrons. The van der Waals surface area contributed by atoms with E-state index < -0.39 is 0 Å². The van der Waals surface area contributed by atoms with Crippen LogP contribution in [-0.2, 0) is 6.67 Å². The number of para-hydroxylation sites is 1. The summed E-state index contributed by atoms with van der Waals surface area (Å²) in [5, 5.41) is 3.40. The molecule has 2 heterocycles. The topological polar surface area (TPSA) is 29.9 Å². The van der Waals surface area contributed by atoms with E-state index in [1.165, 1.54) is 16.9 Å². The molecular formula is C12H13N3. The van der Waals surface area contributed by atoms with Crippen molar-refractivity contribution in [2.75, 3.05) is 5.32 Å². The molecule has 1 aliphatic heterocycles. The molecule has 0 atom stereocenters. The highest BCUT2D eigenvalue weighted by Gasteiger charge is 2.18. The van der Waals surface area contributed by atoms with Crippen LogP contribution in [0.15, 0.2) is 24.3 Å².